The van der Waals surface area contributed by atoms with E-state index in [4.69, 9.17) is 9.68 Å². The molecule has 166 valence electrons. The summed E-state index contributed by atoms with van der Waals surface area (Å²) in [6, 6.07) is 12.1. The molecular weight excluding hydrogens is 402 g/mol. The molecular formula is C25H29N5O2. The van der Waals surface area contributed by atoms with Crippen LogP contribution in [0.4, 0.5) is 0 Å². The lowest BCUT2D eigenvalue weighted by atomic mass is 9.94. The van der Waals surface area contributed by atoms with E-state index >= 15 is 0 Å². The second-order valence-corrected chi connectivity index (χ2v) is 8.99. The van der Waals surface area contributed by atoms with Crippen LogP contribution in [-0.4, -0.2) is 39.6 Å². The van der Waals surface area contributed by atoms with Crippen molar-refractivity contribution in [3.63, 3.8) is 0 Å². The van der Waals surface area contributed by atoms with E-state index in [1.165, 1.54) is 5.56 Å². The van der Waals surface area contributed by atoms with Crippen molar-refractivity contribution in [3.8, 4) is 0 Å². The van der Waals surface area contributed by atoms with Gasteiger partial charge in [-0.15, -0.1) is 0 Å². The second-order valence-electron chi connectivity index (χ2n) is 8.99. The molecule has 0 saturated carbocycles. The molecule has 0 radical (unpaired) electrons. The van der Waals surface area contributed by atoms with E-state index < -0.39 is 0 Å². The molecule has 0 N–H and O–H groups in total. The first-order chi connectivity index (χ1) is 15.4. The van der Waals surface area contributed by atoms with E-state index in [0.717, 1.165) is 47.3 Å². The highest BCUT2D eigenvalue weighted by molar-refractivity contribution is 6.00. The van der Waals surface area contributed by atoms with Crippen molar-refractivity contribution in [3.05, 3.63) is 65.4 Å². The highest BCUT2D eigenvalue weighted by Gasteiger charge is 2.22. The van der Waals surface area contributed by atoms with Crippen LogP contribution in [0.3, 0.4) is 0 Å². The molecule has 0 aliphatic heterocycles. The van der Waals surface area contributed by atoms with Crippen LogP contribution in [0.15, 0.2) is 52.9 Å². The smallest absolute Gasteiger partial charge is 0.177 e. The molecule has 32 heavy (non-hydrogen) atoms. The number of aromatic nitrogens is 3. The molecule has 0 bridgehead atoms. The van der Waals surface area contributed by atoms with Gasteiger partial charge in [0.2, 0.25) is 0 Å². The maximum absolute atomic E-state index is 5.72. The van der Waals surface area contributed by atoms with E-state index in [1.54, 1.807) is 6.20 Å². The molecule has 3 aromatic rings. The molecule has 1 aliphatic rings. The molecule has 7 heteroatoms. The van der Waals surface area contributed by atoms with Gasteiger partial charge in [0.05, 0.1) is 11.2 Å². The highest BCUT2D eigenvalue weighted by atomic mass is 16.6. The Balaban J connectivity index is 1.33. The van der Waals surface area contributed by atoms with E-state index in [1.807, 2.05) is 38.1 Å². The van der Waals surface area contributed by atoms with E-state index in [2.05, 4.69) is 51.2 Å². The first-order valence-corrected chi connectivity index (χ1v) is 11.0. The largest absolute Gasteiger partial charge is 0.395 e. The summed E-state index contributed by atoms with van der Waals surface area (Å²) in [6.07, 6.45) is 4.79. The van der Waals surface area contributed by atoms with Crippen molar-refractivity contribution in [1.29, 1.82) is 0 Å². The zero-order chi connectivity index (χ0) is 22.6. The van der Waals surface area contributed by atoms with Crippen LogP contribution in [0.5, 0.6) is 0 Å². The van der Waals surface area contributed by atoms with Crippen molar-refractivity contribution >= 4 is 22.3 Å². The summed E-state index contributed by atoms with van der Waals surface area (Å²) in [4.78, 5) is 24.9. The van der Waals surface area contributed by atoms with E-state index in [-0.39, 0.29) is 5.41 Å². The Morgan fingerprint density at radius 2 is 1.84 bits per heavy atom. The zero-order valence-corrected chi connectivity index (χ0v) is 19.1. The number of para-hydroxylation sites is 1. The third-order valence-electron chi connectivity index (χ3n) is 5.35. The molecule has 0 fully saturated rings. The molecule has 0 unspecified atom stereocenters. The number of nitrogens with zero attached hydrogens (tertiary/aromatic N) is 5. The van der Waals surface area contributed by atoms with E-state index in [0.29, 0.717) is 24.7 Å². The Hall–Kier alpha value is -3.35. The fourth-order valence-corrected chi connectivity index (χ4v) is 3.51. The Bertz CT molecular complexity index is 1170. The van der Waals surface area contributed by atoms with Gasteiger partial charge in [-0.3, -0.25) is 4.98 Å². The molecule has 4 rings (SSSR count). The van der Waals surface area contributed by atoms with Crippen LogP contribution in [-0.2, 0) is 16.1 Å². The average Bonchev–Trinajstić information content (AvgIpc) is 2.78. The number of rotatable bonds is 7. The predicted molar refractivity (Wildman–Crippen MR) is 126 cm³/mol. The average molecular weight is 432 g/mol. The molecule has 2 aromatic heterocycles. The van der Waals surface area contributed by atoms with Crippen LogP contribution in [0.25, 0.3) is 10.9 Å². The highest BCUT2D eigenvalue weighted by Crippen LogP contribution is 2.22. The molecule has 1 aromatic carbocycles. The summed E-state index contributed by atoms with van der Waals surface area (Å²) in [5, 5.41) is 9.62. The lowest BCUT2D eigenvalue weighted by molar-refractivity contribution is -0.000175. The number of pyridine rings is 1. The van der Waals surface area contributed by atoms with Gasteiger partial charge < -0.3 is 9.68 Å². The summed E-state index contributed by atoms with van der Waals surface area (Å²) in [6.45, 7) is 8.76. The van der Waals surface area contributed by atoms with Crippen LogP contribution in [0.2, 0.25) is 0 Å². The Morgan fingerprint density at radius 1 is 1.03 bits per heavy atom. The zero-order valence-electron chi connectivity index (χ0n) is 19.1. The van der Waals surface area contributed by atoms with Gasteiger partial charge in [-0.25, -0.2) is 9.97 Å². The van der Waals surface area contributed by atoms with Gasteiger partial charge in [0.25, 0.3) is 0 Å². The van der Waals surface area contributed by atoms with Gasteiger partial charge in [-0.05, 0) is 50.8 Å². The normalized spacial score (nSPS) is 15.6. The molecule has 0 saturated heterocycles. The minimum absolute atomic E-state index is 0.268. The number of hydrogen-bond donors (Lipinski definition) is 0. The molecule has 2 heterocycles. The van der Waals surface area contributed by atoms with Gasteiger partial charge in [-0.2, -0.15) is 0 Å². The van der Waals surface area contributed by atoms with Gasteiger partial charge in [0.15, 0.2) is 5.82 Å². The molecule has 1 aliphatic carbocycles. The van der Waals surface area contributed by atoms with Crippen molar-refractivity contribution in [2.45, 2.75) is 47.0 Å². The third kappa shape index (κ3) is 5.28. The van der Waals surface area contributed by atoms with Crippen LogP contribution >= 0.6 is 0 Å². The molecule has 0 spiro atoms. The summed E-state index contributed by atoms with van der Waals surface area (Å²) < 4.78 is 0. The first-order valence-electron chi connectivity index (χ1n) is 11.0. The van der Waals surface area contributed by atoms with Crippen molar-refractivity contribution in [1.82, 2.24) is 15.0 Å². The number of aryl methyl sites for hydroxylation is 2. The maximum Gasteiger partial charge on any atom is 0.177 e. The minimum Gasteiger partial charge on any atom is -0.395 e. The Labute approximate surface area is 188 Å². The SMILES string of the molecule is C/C(=N\OCC(C)(C)CO/N=C1\CCCc2ccc(C)nc21)c1ncc2ccccc2n1. The van der Waals surface area contributed by atoms with Gasteiger partial charge in [0.1, 0.15) is 24.6 Å². The Morgan fingerprint density at radius 3 is 2.72 bits per heavy atom. The summed E-state index contributed by atoms with van der Waals surface area (Å²) in [7, 11) is 0. The van der Waals surface area contributed by atoms with Crippen molar-refractivity contribution in [2.75, 3.05) is 13.2 Å². The van der Waals surface area contributed by atoms with Crippen molar-refractivity contribution < 1.29 is 9.68 Å². The number of hydrogen-bond acceptors (Lipinski definition) is 7. The monoisotopic (exact) mass is 431 g/mol. The van der Waals surface area contributed by atoms with Crippen molar-refractivity contribution in [2.24, 2.45) is 15.7 Å². The van der Waals surface area contributed by atoms with Gasteiger partial charge in [0, 0.05) is 22.7 Å². The molecule has 0 atom stereocenters. The first kappa shape index (κ1) is 21.9. The van der Waals surface area contributed by atoms with Crippen LogP contribution in [0.1, 0.15) is 56.4 Å². The molecule has 0 amide bonds. The second kappa shape index (κ2) is 9.42. The minimum atomic E-state index is -0.268. The molecule has 7 nitrogen and oxygen atoms in total. The van der Waals surface area contributed by atoms with Gasteiger partial charge >= 0.3 is 0 Å². The quantitative estimate of drug-likeness (QED) is 0.394. The summed E-state index contributed by atoms with van der Waals surface area (Å²) in [5.41, 5.74) is 5.38. The predicted octanol–water partition coefficient (Wildman–Crippen LogP) is 4.86. The van der Waals surface area contributed by atoms with Crippen LogP contribution in [0, 0.1) is 12.3 Å². The van der Waals surface area contributed by atoms with Crippen LogP contribution < -0.4 is 0 Å². The fraction of sp³-hybridized carbons (Fsp3) is 0.400. The summed E-state index contributed by atoms with van der Waals surface area (Å²) in [5.74, 6) is 0.558. The standard InChI is InChI=1S/C25H29N5O2/c1-17-12-13-19-9-7-11-22(23(19)27-17)30-32-16-25(3,4)15-31-29-18(2)24-26-14-20-8-5-6-10-21(20)28-24/h5-6,8,10,12-14H,7,9,11,15-16H2,1-4H3/b29-18+,30-22+. The summed E-state index contributed by atoms with van der Waals surface area (Å²) >= 11 is 0. The van der Waals surface area contributed by atoms with E-state index in [9.17, 15) is 0 Å². The number of benzene rings is 1. The third-order valence-corrected chi connectivity index (χ3v) is 5.35. The lowest BCUT2D eigenvalue weighted by Gasteiger charge is -2.22. The van der Waals surface area contributed by atoms with Gasteiger partial charge in [-0.1, -0.05) is 48.4 Å². The number of fused-ring (bicyclic) bond motifs is 2. The lowest BCUT2D eigenvalue weighted by Crippen LogP contribution is -2.24. The Kier molecular flexibility index (Phi) is 6.44. The maximum atomic E-state index is 5.72. The fourth-order valence-electron chi connectivity index (χ4n) is 3.51. The number of oxime groups is 2. The topological polar surface area (TPSA) is 81.9 Å².